The lowest BCUT2D eigenvalue weighted by Crippen LogP contribution is -2.33. The van der Waals surface area contributed by atoms with Crippen LogP contribution in [0.3, 0.4) is 0 Å². The van der Waals surface area contributed by atoms with Gasteiger partial charge in [0.05, 0.1) is 0 Å². The Bertz CT molecular complexity index is 637. The van der Waals surface area contributed by atoms with Crippen molar-refractivity contribution >= 4 is 9.84 Å². The predicted octanol–water partition coefficient (Wildman–Crippen LogP) is 1.89. The van der Waals surface area contributed by atoms with Gasteiger partial charge in [-0.2, -0.15) is 0 Å². The summed E-state index contributed by atoms with van der Waals surface area (Å²) in [5, 5.41) is 0. The van der Waals surface area contributed by atoms with Crippen molar-refractivity contribution in [2.24, 2.45) is 5.73 Å². The molecular weight excluding hydrogens is 279 g/mol. The Hall–Kier alpha value is -1.08. The van der Waals surface area contributed by atoms with E-state index >= 15 is 0 Å². The van der Waals surface area contributed by atoms with Crippen LogP contribution < -0.4 is 5.73 Å². The second kappa shape index (κ2) is 4.21. The third-order valence-corrected chi connectivity index (χ3v) is 4.80. The first-order chi connectivity index (χ1) is 8.61. The van der Waals surface area contributed by atoms with Crippen LogP contribution in [-0.4, -0.2) is 20.7 Å². The lowest BCUT2D eigenvalue weighted by atomic mass is 9.89. The van der Waals surface area contributed by atoms with Crippen LogP contribution in [0.15, 0.2) is 11.0 Å². The summed E-state index contributed by atoms with van der Waals surface area (Å²) in [6.07, 6.45) is 1.68. The lowest BCUT2D eigenvalue weighted by Gasteiger charge is -2.21. The molecule has 3 nitrogen and oxygen atoms in total. The van der Waals surface area contributed by atoms with Crippen molar-refractivity contribution in [1.82, 2.24) is 0 Å². The fourth-order valence-corrected chi connectivity index (χ4v) is 3.21. The molecular formula is C12H14F3NO2S. The molecule has 0 aromatic heterocycles. The standard InChI is InChI=1S/C12H14F3NO2S/c1-6(16)12(3-4-12)7-5-8(13)11(19(2,17)18)10(15)9(7)14/h5-6H,3-4,16H2,1-2H3. The van der Waals surface area contributed by atoms with Crippen molar-refractivity contribution in [3.8, 4) is 0 Å². The van der Waals surface area contributed by atoms with E-state index in [1.54, 1.807) is 6.92 Å². The van der Waals surface area contributed by atoms with Crippen molar-refractivity contribution in [1.29, 1.82) is 0 Å². The molecule has 19 heavy (non-hydrogen) atoms. The quantitative estimate of drug-likeness (QED) is 0.866. The van der Waals surface area contributed by atoms with Crippen LogP contribution in [-0.2, 0) is 15.3 Å². The highest BCUT2D eigenvalue weighted by molar-refractivity contribution is 7.90. The van der Waals surface area contributed by atoms with Gasteiger partial charge in [0, 0.05) is 23.3 Å². The molecule has 2 rings (SSSR count). The molecule has 1 aromatic rings. The zero-order valence-corrected chi connectivity index (χ0v) is 11.3. The monoisotopic (exact) mass is 293 g/mol. The fraction of sp³-hybridized carbons (Fsp3) is 0.500. The first kappa shape index (κ1) is 14.3. The zero-order chi connectivity index (χ0) is 14.6. The van der Waals surface area contributed by atoms with E-state index in [1.165, 1.54) is 0 Å². The summed E-state index contributed by atoms with van der Waals surface area (Å²) < 4.78 is 64.1. The molecule has 0 heterocycles. The Morgan fingerprint density at radius 1 is 1.26 bits per heavy atom. The van der Waals surface area contributed by atoms with E-state index < -0.39 is 43.6 Å². The normalized spacial score (nSPS) is 19.3. The van der Waals surface area contributed by atoms with E-state index in [2.05, 4.69) is 0 Å². The molecule has 1 saturated carbocycles. The summed E-state index contributed by atoms with van der Waals surface area (Å²) in [5.74, 6) is -4.26. The maximum atomic E-state index is 14.0. The molecule has 0 aliphatic heterocycles. The SMILES string of the molecule is CC(N)C1(c2cc(F)c(S(C)(=O)=O)c(F)c2F)CC1. The number of hydrogen-bond donors (Lipinski definition) is 1. The van der Waals surface area contributed by atoms with E-state index in [-0.39, 0.29) is 5.56 Å². The number of rotatable bonds is 3. The third kappa shape index (κ3) is 2.14. The minimum Gasteiger partial charge on any atom is -0.327 e. The topological polar surface area (TPSA) is 60.2 Å². The number of hydrogen-bond acceptors (Lipinski definition) is 3. The Balaban J connectivity index is 2.70. The van der Waals surface area contributed by atoms with Crippen molar-refractivity contribution in [3.63, 3.8) is 0 Å². The Morgan fingerprint density at radius 3 is 2.16 bits per heavy atom. The first-order valence-corrected chi connectivity index (χ1v) is 7.64. The molecule has 106 valence electrons. The molecule has 1 aliphatic carbocycles. The van der Waals surface area contributed by atoms with Gasteiger partial charge in [0.15, 0.2) is 21.5 Å². The van der Waals surface area contributed by atoms with Gasteiger partial charge in [-0.1, -0.05) is 0 Å². The van der Waals surface area contributed by atoms with Crippen molar-refractivity contribution in [3.05, 3.63) is 29.1 Å². The summed E-state index contributed by atoms with van der Waals surface area (Å²) >= 11 is 0. The van der Waals surface area contributed by atoms with Crippen LogP contribution >= 0.6 is 0 Å². The minimum absolute atomic E-state index is 0.176. The molecule has 0 amide bonds. The van der Waals surface area contributed by atoms with Gasteiger partial charge in [0.2, 0.25) is 0 Å². The van der Waals surface area contributed by atoms with E-state index in [1.807, 2.05) is 0 Å². The third-order valence-electron chi connectivity index (χ3n) is 3.68. The summed E-state index contributed by atoms with van der Waals surface area (Å²) in [6, 6.07) is 0.287. The van der Waals surface area contributed by atoms with Crippen LogP contribution in [0.5, 0.6) is 0 Å². The van der Waals surface area contributed by atoms with Gasteiger partial charge >= 0.3 is 0 Å². The average Bonchev–Trinajstić information content (AvgIpc) is 3.02. The van der Waals surface area contributed by atoms with Crippen LogP contribution in [0, 0.1) is 17.5 Å². The highest BCUT2D eigenvalue weighted by Crippen LogP contribution is 2.51. The van der Waals surface area contributed by atoms with Gasteiger partial charge in [0.25, 0.3) is 0 Å². The van der Waals surface area contributed by atoms with Crippen molar-refractivity contribution < 1.29 is 21.6 Å². The van der Waals surface area contributed by atoms with E-state index in [0.717, 1.165) is 6.07 Å². The Kier molecular flexibility index (Phi) is 3.17. The van der Waals surface area contributed by atoms with Crippen LogP contribution in [0.2, 0.25) is 0 Å². The van der Waals surface area contributed by atoms with Crippen molar-refractivity contribution in [2.45, 2.75) is 36.1 Å². The van der Waals surface area contributed by atoms with Gasteiger partial charge in [0.1, 0.15) is 10.7 Å². The Labute approximate surface area is 109 Å². The molecule has 7 heteroatoms. The molecule has 1 aliphatic rings. The maximum absolute atomic E-state index is 14.0. The average molecular weight is 293 g/mol. The summed E-state index contributed by atoms with van der Waals surface area (Å²) in [7, 11) is -4.17. The molecule has 1 aromatic carbocycles. The molecule has 2 N–H and O–H groups in total. The van der Waals surface area contributed by atoms with Crippen LogP contribution in [0.1, 0.15) is 25.3 Å². The number of halogens is 3. The first-order valence-electron chi connectivity index (χ1n) is 5.75. The number of sulfone groups is 1. The van der Waals surface area contributed by atoms with Crippen LogP contribution in [0.4, 0.5) is 13.2 Å². The van der Waals surface area contributed by atoms with Gasteiger partial charge in [-0.3, -0.25) is 0 Å². The molecule has 1 unspecified atom stereocenters. The molecule has 0 saturated heterocycles. The van der Waals surface area contributed by atoms with Gasteiger partial charge in [-0.15, -0.1) is 0 Å². The van der Waals surface area contributed by atoms with E-state index in [0.29, 0.717) is 19.1 Å². The highest BCUT2D eigenvalue weighted by Gasteiger charge is 2.50. The van der Waals surface area contributed by atoms with E-state index in [4.69, 9.17) is 5.73 Å². The second-order valence-electron chi connectivity index (χ2n) is 5.08. The minimum atomic E-state index is -4.17. The summed E-state index contributed by atoms with van der Waals surface area (Å²) in [6.45, 7) is 1.63. The second-order valence-corrected chi connectivity index (χ2v) is 7.03. The Morgan fingerprint density at radius 2 is 1.79 bits per heavy atom. The van der Waals surface area contributed by atoms with Gasteiger partial charge < -0.3 is 5.73 Å². The molecule has 0 radical (unpaired) electrons. The maximum Gasteiger partial charge on any atom is 0.181 e. The largest absolute Gasteiger partial charge is 0.327 e. The van der Waals surface area contributed by atoms with Crippen LogP contribution in [0.25, 0.3) is 0 Å². The number of nitrogens with two attached hydrogens (primary N) is 1. The summed E-state index contributed by atoms with van der Waals surface area (Å²) in [5.41, 5.74) is 4.76. The highest BCUT2D eigenvalue weighted by atomic mass is 32.2. The van der Waals surface area contributed by atoms with Gasteiger partial charge in [-0.05, 0) is 25.8 Å². The zero-order valence-electron chi connectivity index (χ0n) is 10.5. The molecule has 1 atom stereocenters. The number of benzene rings is 1. The fourth-order valence-electron chi connectivity index (χ4n) is 2.39. The smallest absolute Gasteiger partial charge is 0.181 e. The molecule has 0 spiro atoms. The van der Waals surface area contributed by atoms with Gasteiger partial charge in [-0.25, -0.2) is 21.6 Å². The molecule has 0 bridgehead atoms. The van der Waals surface area contributed by atoms with Crippen molar-refractivity contribution in [2.75, 3.05) is 6.26 Å². The molecule has 1 fully saturated rings. The van der Waals surface area contributed by atoms with E-state index in [9.17, 15) is 21.6 Å². The lowest BCUT2D eigenvalue weighted by molar-refractivity contribution is 0.429. The summed E-state index contributed by atoms with van der Waals surface area (Å²) in [4.78, 5) is -1.23. The predicted molar refractivity (Wildman–Crippen MR) is 64.0 cm³/mol.